The van der Waals surface area contributed by atoms with Crippen LogP contribution in [0.5, 0.6) is 0 Å². The normalized spacial score (nSPS) is 35.7. The molecule has 1 saturated heterocycles. The molecule has 37 heavy (non-hydrogen) atoms. The average Bonchev–Trinajstić information content (AvgIpc) is 3.07. The Bertz CT molecular complexity index is 1330. The van der Waals surface area contributed by atoms with Crippen LogP contribution in [0, 0.1) is 12.3 Å². The van der Waals surface area contributed by atoms with Gasteiger partial charge in [0.25, 0.3) is 5.79 Å². The van der Waals surface area contributed by atoms with Crippen LogP contribution < -0.4 is 16.8 Å². The summed E-state index contributed by atoms with van der Waals surface area (Å²) in [4.78, 5) is 43.1. The molecule has 3 aliphatic rings. The van der Waals surface area contributed by atoms with E-state index in [0.29, 0.717) is 11.3 Å². The van der Waals surface area contributed by atoms with Crippen molar-refractivity contribution in [1.29, 1.82) is 0 Å². The Balaban J connectivity index is 1.54. The predicted molar refractivity (Wildman–Crippen MR) is 122 cm³/mol. The standard InChI is InChI=1S/C18H23N5O12P2/c1-4-17(20)11(24)10(33-15(17)23-6-5-9-7(2)21-16(19)22-14(9)23)8(3)32-13-12(25)18(13,26)34-37(30,31)35-36(27,28)29/h1,5-6,8,10-11,13,15,24,26H,2,20H2,3H3,(H,30,31)(H3,19,21,22)(H2,27,28,29)/t8-,10+,11?,13?,15+,17?,18?/m0/s1. The number of phosphoric acid groups is 2. The number of Topliss-reactive ketones (excluding diaryl/α,β-unsaturated/α-hetero) is 1. The lowest BCUT2D eigenvalue weighted by atomic mass is 9.90. The first kappa shape index (κ1) is 27.6. The summed E-state index contributed by atoms with van der Waals surface area (Å²) in [5, 5.41) is 23.9. The number of carbonyl (C=O) groups excluding carboxylic acids is 1. The minimum Gasteiger partial charge on any atom is -0.387 e. The van der Waals surface area contributed by atoms with E-state index < -0.39 is 63.4 Å². The number of ether oxygens (including phenoxy) is 2. The molecule has 0 aromatic carbocycles. The van der Waals surface area contributed by atoms with E-state index >= 15 is 0 Å². The Hall–Kier alpha value is -2.42. The van der Waals surface area contributed by atoms with E-state index in [4.69, 9.17) is 37.2 Å². The fourth-order valence-corrected chi connectivity index (χ4v) is 5.78. The van der Waals surface area contributed by atoms with Gasteiger partial charge in [-0.2, -0.15) is 9.30 Å². The second kappa shape index (κ2) is 8.82. The number of aliphatic hydroxyl groups is 2. The Morgan fingerprint density at radius 1 is 1.41 bits per heavy atom. The fourth-order valence-electron chi connectivity index (χ4n) is 4.04. The number of ketones is 1. The molecule has 1 aromatic rings. The van der Waals surface area contributed by atoms with E-state index in [1.807, 2.05) is 0 Å². The number of terminal acetylenes is 1. The van der Waals surface area contributed by atoms with Crippen molar-refractivity contribution in [1.82, 2.24) is 9.88 Å². The third-order valence-electron chi connectivity index (χ3n) is 5.86. The maximum absolute atomic E-state index is 12.1. The van der Waals surface area contributed by atoms with Gasteiger partial charge in [-0.05, 0) is 13.0 Å². The Kier molecular flexibility index (Phi) is 6.58. The van der Waals surface area contributed by atoms with Gasteiger partial charge in [-0.15, -0.1) is 6.42 Å². The van der Waals surface area contributed by atoms with Gasteiger partial charge in [0.1, 0.15) is 18.0 Å². The number of aliphatic hydroxyl groups excluding tert-OH is 1. The third-order valence-corrected chi connectivity index (χ3v) is 8.04. The molecule has 19 heteroatoms. The zero-order valence-electron chi connectivity index (χ0n) is 18.9. The Labute approximate surface area is 208 Å². The van der Waals surface area contributed by atoms with Crippen LogP contribution in [0.1, 0.15) is 18.7 Å². The number of fused-ring (bicyclic) bond motifs is 1. The molecular weight excluding hydrogens is 540 g/mol. The highest BCUT2D eigenvalue weighted by Crippen LogP contribution is 2.61. The number of nitrogens with zero attached hydrogens (tertiary/aromatic N) is 2. The van der Waals surface area contributed by atoms with Gasteiger partial charge in [0.15, 0.2) is 23.8 Å². The molecule has 0 bridgehead atoms. The smallest absolute Gasteiger partial charge is 0.387 e. The van der Waals surface area contributed by atoms with Crippen molar-refractivity contribution in [2.24, 2.45) is 16.5 Å². The van der Waals surface area contributed by atoms with E-state index in [2.05, 4.69) is 31.6 Å². The van der Waals surface area contributed by atoms with E-state index in [9.17, 15) is 29.0 Å². The first-order valence-electron chi connectivity index (χ1n) is 10.3. The summed E-state index contributed by atoms with van der Waals surface area (Å²) < 4.78 is 43.1. The van der Waals surface area contributed by atoms with Crippen LogP contribution in [0.3, 0.4) is 0 Å². The van der Waals surface area contributed by atoms with Crippen molar-refractivity contribution in [2.75, 3.05) is 0 Å². The van der Waals surface area contributed by atoms with Gasteiger partial charge in [0.2, 0.25) is 5.78 Å². The van der Waals surface area contributed by atoms with Crippen LogP contribution in [0.25, 0.3) is 5.70 Å². The number of aliphatic imine (C=N–C) groups is 1. The van der Waals surface area contributed by atoms with Crippen LogP contribution >= 0.6 is 15.6 Å². The van der Waals surface area contributed by atoms with E-state index in [-0.39, 0.29) is 11.8 Å². The van der Waals surface area contributed by atoms with E-state index in [0.717, 1.165) is 0 Å². The minimum absolute atomic E-state index is 0.0306. The summed E-state index contributed by atoms with van der Waals surface area (Å²) in [6.07, 6.45) is -0.145. The lowest BCUT2D eigenvalue weighted by Gasteiger charge is -2.29. The van der Waals surface area contributed by atoms with Gasteiger partial charge >= 0.3 is 15.6 Å². The quantitative estimate of drug-likeness (QED) is 0.0953. The highest BCUT2D eigenvalue weighted by Gasteiger charge is 2.72. The van der Waals surface area contributed by atoms with Gasteiger partial charge in [-0.25, -0.2) is 13.7 Å². The minimum atomic E-state index is -5.60. The van der Waals surface area contributed by atoms with Crippen LogP contribution in [-0.2, 0) is 32.2 Å². The zero-order chi connectivity index (χ0) is 27.7. The summed E-state index contributed by atoms with van der Waals surface area (Å²) in [7, 11) is -11.1. The summed E-state index contributed by atoms with van der Waals surface area (Å²) >= 11 is 0. The van der Waals surface area contributed by atoms with Gasteiger partial charge in [0.05, 0.1) is 6.10 Å². The average molecular weight is 563 g/mol. The van der Waals surface area contributed by atoms with Crippen LogP contribution in [0.4, 0.5) is 5.82 Å². The molecule has 1 aromatic heterocycles. The third kappa shape index (κ3) is 4.79. The summed E-state index contributed by atoms with van der Waals surface area (Å²) in [5.41, 5.74) is 11.2. The lowest BCUT2D eigenvalue weighted by Crippen LogP contribution is -2.54. The molecule has 1 aliphatic carbocycles. The Morgan fingerprint density at radius 3 is 2.65 bits per heavy atom. The van der Waals surface area contributed by atoms with Crippen LogP contribution in [0.2, 0.25) is 0 Å². The van der Waals surface area contributed by atoms with Crippen molar-refractivity contribution in [3.63, 3.8) is 0 Å². The lowest BCUT2D eigenvalue weighted by molar-refractivity contribution is -0.148. The topological polar surface area (TPSA) is 271 Å². The van der Waals surface area contributed by atoms with Crippen molar-refractivity contribution >= 4 is 38.9 Å². The van der Waals surface area contributed by atoms with Crippen LogP contribution in [-0.4, -0.2) is 76.9 Å². The number of hydrogen-bond acceptors (Lipinski definition) is 13. The largest absolute Gasteiger partial charge is 0.484 e. The highest BCUT2D eigenvalue weighted by molar-refractivity contribution is 7.60. The SMILES string of the molecule is C#CC1(N)C(O)[C@@H]([C@H](C)OC2C(=O)C2(O)OP(=O)(O)OP(=O)(O)O)O[C@H]1n1ccc2c1N=C(N)NC2=C. The first-order chi connectivity index (χ1) is 16.9. The number of nitrogens with one attached hydrogen (secondary N) is 1. The number of nitrogens with two attached hydrogens (primary N) is 2. The number of phosphoric ester groups is 1. The maximum Gasteiger partial charge on any atom is 0.484 e. The molecule has 5 unspecified atom stereocenters. The molecule has 1 saturated carbocycles. The molecule has 0 spiro atoms. The van der Waals surface area contributed by atoms with Crippen molar-refractivity contribution in [3.8, 4) is 12.3 Å². The molecule has 4 rings (SSSR count). The number of carbonyl (C=O) groups is 1. The van der Waals surface area contributed by atoms with E-state index in [1.54, 1.807) is 6.07 Å². The number of aromatic nitrogens is 1. The fraction of sp³-hybridized carbons (Fsp3) is 0.444. The molecule has 17 nitrogen and oxygen atoms in total. The molecule has 10 N–H and O–H groups in total. The van der Waals surface area contributed by atoms with Crippen molar-refractivity contribution in [2.45, 2.75) is 48.9 Å². The molecule has 0 radical (unpaired) electrons. The summed E-state index contributed by atoms with van der Waals surface area (Å²) in [6, 6.07) is 1.63. The molecule has 202 valence electrons. The number of rotatable bonds is 8. The Morgan fingerprint density at radius 2 is 2.05 bits per heavy atom. The van der Waals surface area contributed by atoms with E-state index in [1.165, 1.54) is 17.7 Å². The molecule has 0 amide bonds. The number of guanidine groups is 1. The van der Waals surface area contributed by atoms with Crippen molar-refractivity contribution in [3.05, 3.63) is 24.4 Å². The second-order valence-electron chi connectivity index (χ2n) is 8.45. The number of hydrogen-bond donors (Lipinski definition) is 8. The molecule has 8 atom stereocenters. The molecule has 2 fully saturated rings. The van der Waals surface area contributed by atoms with Crippen LogP contribution in [0.15, 0.2) is 23.8 Å². The molecular formula is C18H23N5O12P2. The molecule has 3 heterocycles. The monoisotopic (exact) mass is 563 g/mol. The molecule has 2 aliphatic heterocycles. The van der Waals surface area contributed by atoms with Gasteiger partial charge < -0.3 is 55.7 Å². The first-order valence-corrected chi connectivity index (χ1v) is 13.3. The maximum atomic E-state index is 12.1. The summed E-state index contributed by atoms with van der Waals surface area (Å²) in [5.74, 6) is -1.73. The second-order valence-corrected chi connectivity index (χ2v) is 11.2. The van der Waals surface area contributed by atoms with Gasteiger partial charge in [-0.1, -0.05) is 12.5 Å². The van der Waals surface area contributed by atoms with Gasteiger partial charge in [0, 0.05) is 17.5 Å². The summed E-state index contributed by atoms with van der Waals surface area (Å²) in [6.45, 7) is 5.16. The zero-order valence-corrected chi connectivity index (χ0v) is 20.7. The van der Waals surface area contributed by atoms with Crippen molar-refractivity contribution < 1.29 is 57.1 Å². The highest BCUT2D eigenvalue weighted by atomic mass is 31.3. The predicted octanol–water partition coefficient (Wildman–Crippen LogP) is -2.13. The van der Waals surface area contributed by atoms with Gasteiger partial charge in [-0.3, -0.25) is 4.79 Å².